The monoisotopic (exact) mass is 442 g/mol. The summed E-state index contributed by atoms with van der Waals surface area (Å²) in [6.45, 7) is 8.03. The van der Waals surface area contributed by atoms with Crippen LogP contribution in [0.25, 0.3) is 0 Å². The van der Waals surface area contributed by atoms with Crippen LogP contribution in [0.1, 0.15) is 40.0 Å². The van der Waals surface area contributed by atoms with Crippen LogP contribution in [0.5, 0.6) is 0 Å². The van der Waals surface area contributed by atoms with E-state index in [1.54, 1.807) is 26.1 Å². The predicted molar refractivity (Wildman–Crippen MR) is 108 cm³/mol. The van der Waals surface area contributed by atoms with Crippen LogP contribution < -0.4 is 10.6 Å². The highest BCUT2D eigenvalue weighted by Crippen LogP contribution is 2.08. The van der Waals surface area contributed by atoms with Crippen LogP contribution in [0.4, 0.5) is 0 Å². The number of likely N-dealkylation sites (N-methyl/N-ethyl adjacent to an activating group) is 1. The van der Waals surface area contributed by atoms with Crippen molar-refractivity contribution in [1.29, 1.82) is 0 Å². The van der Waals surface area contributed by atoms with Gasteiger partial charge in [-0.3, -0.25) is 4.79 Å². The van der Waals surface area contributed by atoms with Crippen LogP contribution in [0, 0.1) is 5.92 Å². The highest BCUT2D eigenvalue weighted by molar-refractivity contribution is 14.0. The number of ether oxygens (including phenoxy) is 1. The van der Waals surface area contributed by atoms with E-state index in [4.69, 9.17) is 4.74 Å². The quantitative estimate of drug-likeness (QED) is 0.235. The molecule has 6 nitrogen and oxygen atoms in total. The van der Waals surface area contributed by atoms with Gasteiger partial charge < -0.3 is 20.3 Å². The number of nitrogens with one attached hydrogen (secondary N) is 2. The molecule has 0 rings (SSSR count). The molecule has 0 aromatic rings. The molecule has 7 heteroatoms. The Bertz CT molecular complexity index is 336. The lowest BCUT2D eigenvalue weighted by atomic mass is 10.0. The standard InChI is InChI=1S/C16H34N4O2.HI/c1-13(2)8-7-9-14(3)19-16(17-10-11-22-6)18-12-15(21)20(4)5;/h13-14H,7-12H2,1-6H3,(H2,17,18,19);1H. The van der Waals surface area contributed by atoms with E-state index >= 15 is 0 Å². The van der Waals surface area contributed by atoms with Crippen LogP contribution >= 0.6 is 24.0 Å². The number of rotatable bonds is 10. The summed E-state index contributed by atoms with van der Waals surface area (Å²) in [6.07, 6.45) is 3.51. The number of hydrogen-bond acceptors (Lipinski definition) is 3. The third-order valence-corrected chi connectivity index (χ3v) is 3.27. The minimum absolute atomic E-state index is 0. The van der Waals surface area contributed by atoms with Gasteiger partial charge >= 0.3 is 0 Å². The summed E-state index contributed by atoms with van der Waals surface area (Å²) < 4.78 is 5.03. The minimum Gasteiger partial charge on any atom is -0.383 e. The van der Waals surface area contributed by atoms with Crippen LogP contribution in [0.2, 0.25) is 0 Å². The number of aliphatic imine (C=N–C) groups is 1. The van der Waals surface area contributed by atoms with Gasteiger partial charge in [-0.25, -0.2) is 4.99 Å². The fourth-order valence-corrected chi connectivity index (χ4v) is 1.85. The fourth-order valence-electron chi connectivity index (χ4n) is 1.85. The molecule has 0 bridgehead atoms. The molecule has 0 aliphatic heterocycles. The van der Waals surface area contributed by atoms with E-state index in [-0.39, 0.29) is 36.4 Å². The summed E-state index contributed by atoms with van der Waals surface area (Å²) in [5.74, 6) is 1.39. The molecule has 1 amide bonds. The molecule has 138 valence electrons. The topological polar surface area (TPSA) is 66.0 Å². The summed E-state index contributed by atoms with van der Waals surface area (Å²) in [6, 6.07) is 0.321. The summed E-state index contributed by atoms with van der Waals surface area (Å²) >= 11 is 0. The molecule has 23 heavy (non-hydrogen) atoms. The zero-order chi connectivity index (χ0) is 17.0. The summed E-state index contributed by atoms with van der Waals surface area (Å²) in [4.78, 5) is 17.5. The molecular weight excluding hydrogens is 407 g/mol. The Hall–Kier alpha value is -0.570. The van der Waals surface area contributed by atoms with Crippen molar-refractivity contribution in [3.63, 3.8) is 0 Å². The average Bonchev–Trinajstić information content (AvgIpc) is 2.43. The maximum absolute atomic E-state index is 11.6. The van der Waals surface area contributed by atoms with Crippen molar-refractivity contribution in [2.24, 2.45) is 10.9 Å². The first-order valence-electron chi connectivity index (χ1n) is 8.10. The van der Waals surface area contributed by atoms with Crippen molar-refractivity contribution >= 4 is 35.8 Å². The molecule has 0 heterocycles. The zero-order valence-electron chi connectivity index (χ0n) is 15.5. The van der Waals surface area contributed by atoms with Crippen molar-refractivity contribution in [3.8, 4) is 0 Å². The van der Waals surface area contributed by atoms with Gasteiger partial charge in [-0.15, -0.1) is 24.0 Å². The third-order valence-electron chi connectivity index (χ3n) is 3.27. The maximum Gasteiger partial charge on any atom is 0.243 e. The summed E-state index contributed by atoms with van der Waals surface area (Å²) in [5, 5.41) is 6.54. The normalized spacial score (nSPS) is 12.6. The number of amides is 1. The van der Waals surface area contributed by atoms with E-state index in [0.717, 1.165) is 12.3 Å². The summed E-state index contributed by atoms with van der Waals surface area (Å²) in [7, 11) is 5.13. The number of guanidine groups is 1. The molecule has 0 fully saturated rings. The van der Waals surface area contributed by atoms with Crippen molar-refractivity contribution in [2.75, 3.05) is 40.9 Å². The first kappa shape index (κ1) is 24.7. The minimum atomic E-state index is -0.0136. The molecule has 0 aliphatic rings. The van der Waals surface area contributed by atoms with Crippen LogP contribution in [0.15, 0.2) is 4.99 Å². The first-order valence-corrected chi connectivity index (χ1v) is 8.10. The second kappa shape index (κ2) is 15.0. The molecule has 0 saturated heterocycles. The number of carbonyl (C=O) groups is 1. The SMILES string of the molecule is COCCNC(=NCC(=O)N(C)C)NC(C)CCCC(C)C.I. The smallest absolute Gasteiger partial charge is 0.243 e. The lowest BCUT2D eigenvalue weighted by Crippen LogP contribution is -2.44. The number of methoxy groups -OCH3 is 1. The largest absolute Gasteiger partial charge is 0.383 e. The van der Waals surface area contributed by atoms with E-state index in [9.17, 15) is 4.79 Å². The number of nitrogens with zero attached hydrogens (tertiary/aromatic N) is 2. The number of halogens is 1. The first-order chi connectivity index (χ1) is 10.4. The van der Waals surface area contributed by atoms with Gasteiger partial charge in [0, 0.05) is 33.8 Å². The predicted octanol–water partition coefficient (Wildman–Crippen LogP) is 2.09. The van der Waals surface area contributed by atoms with E-state index < -0.39 is 0 Å². The van der Waals surface area contributed by atoms with Crippen molar-refractivity contribution in [2.45, 2.75) is 46.1 Å². The molecule has 2 N–H and O–H groups in total. The van der Waals surface area contributed by atoms with Gasteiger partial charge in [-0.2, -0.15) is 0 Å². The van der Waals surface area contributed by atoms with Crippen LogP contribution in [0.3, 0.4) is 0 Å². The van der Waals surface area contributed by atoms with Gasteiger partial charge in [0.2, 0.25) is 5.91 Å². The van der Waals surface area contributed by atoms with Crippen molar-refractivity contribution in [3.05, 3.63) is 0 Å². The van der Waals surface area contributed by atoms with E-state index in [0.29, 0.717) is 25.2 Å². The van der Waals surface area contributed by atoms with Gasteiger partial charge in [0.05, 0.1) is 6.61 Å². The van der Waals surface area contributed by atoms with Crippen LogP contribution in [-0.2, 0) is 9.53 Å². The van der Waals surface area contributed by atoms with Crippen molar-refractivity contribution in [1.82, 2.24) is 15.5 Å². The Morgan fingerprint density at radius 3 is 2.39 bits per heavy atom. The lowest BCUT2D eigenvalue weighted by molar-refractivity contribution is -0.127. The van der Waals surface area contributed by atoms with Gasteiger partial charge in [0.1, 0.15) is 6.54 Å². The Morgan fingerprint density at radius 2 is 1.87 bits per heavy atom. The second-order valence-corrected chi connectivity index (χ2v) is 6.24. The second-order valence-electron chi connectivity index (χ2n) is 6.24. The Labute approximate surface area is 158 Å². The Balaban J connectivity index is 0. The van der Waals surface area contributed by atoms with Gasteiger partial charge in [-0.1, -0.05) is 26.7 Å². The fraction of sp³-hybridized carbons (Fsp3) is 0.875. The van der Waals surface area contributed by atoms with Crippen molar-refractivity contribution < 1.29 is 9.53 Å². The molecule has 0 aromatic heterocycles. The van der Waals surface area contributed by atoms with E-state index in [1.807, 2.05) is 0 Å². The molecule has 0 spiro atoms. The maximum atomic E-state index is 11.6. The van der Waals surface area contributed by atoms with Gasteiger partial charge in [0.25, 0.3) is 0 Å². The molecule has 0 aliphatic carbocycles. The average molecular weight is 442 g/mol. The molecule has 0 radical (unpaired) electrons. The van der Waals surface area contributed by atoms with E-state index in [1.165, 1.54) is 12.8 Å². The third kappa shape index (κ3) is 14.7. The molecular formula is C16H35IN4O2. The van der Waals surface area contributed by atoms with Gasteiger partial charge in [-0.05, 0) is 19.3 Å². The highest BCUT2D eigenvalue weighted by atomic mass is 127. The molecule has 1 unspecified atom stereocenters. The molecule has 1 atom stereocenters. The molecule has 0 aromatic carbocycles. The summed E-state index contributed by atoms with van der Waals surface area (Å²) in [5.41, 5.74) is 0. The molecule has 0 saturated carbocycles. The van der Waals surface area contributed by atoms with Gasteiger partial charge in [0.15, 0.2) is 5.96 Å². The van der Waals surface area contributed by atoms with Crippen LogP contribution in [-0.4, -0.2) is 63.7 Å². The van der Waals surface area contributed by atoms with E-state index in [2.05, 4.69) is 36.4 Å². The number of hydrogen-bond donors (Lipinski definition) is 2. The highest BCUT2D eigenvalue weighted by Gasteiger charge is 2.08. The Morgan fingerprint density at radius 1 is 1.22 bits per heavy atom. The number of carbonyl (C=O) groups excluding carboxylic acids is 1. The Kier molecular flexibility index (Phi) is 16.1. The zero-order valence-corrected chi connectivity index (χ0v) is 17.8. The lowest BCUT2D eigenvalue weighted by Gasteiger charge is -2.19.